The first-order valence-electron chi connectivity index (χ1n) is 4.92. The summed E-state index contributed by atoms with van der Waals surface area (Å²) in [7, 11) is -2.09. The third kappa shape index (κ3) is 3.82. The van der Waals surface area contributed by atoms with Crippen LogP contribution < -0.4 is 15.8 Å². The van der Waals surface area contributed by atoms with Gasteiger partial charge in [0.1, 0.15) is 5.82 Å². The third-order valence-corrected chi connectivity index (χ3v) is 3.43. The van der Waals surface area contributed by atoms with Crippen LogP contribution in [0.5, 0.6) is 0 Å². The summed E-state index contributed by atoms with van der Waals surface area (Å²) in [6.45, 7) is -0.0134. The second-order valence-corrected chi connectivity index (χ2v) is 5.36. The van der Waals surface area contributed by atoms with Gasteiger partial charge in [0.25, 0.3) is 0 Å². The monoisotopic (exact) mass is 275 g/mol. The van der Waals surface area contributed by atoms with E-state index in [0.717, 1.165) is 0 Å². The van der Waals surface area contributed by atoms with E-state index in [1.807, 2.05) is 0 Å². The molecule has 1 aromatic rings. The molecule has 0 bridgehead atoms. The lowest BCUT2D eigenvalue weighted by Crippen LogP contribution is -2.26. The molecule has 1 rings (SSSR count). The summed E-state index contributed by atoms with van der Waals surface area (Å²) in [5.74, 6) is -0.164. The summed E-state index contributed by atoms with van der Waals surface area (Å²) < 4.78 is 24.4. The Labute approximate surface area is 104 Å². The van der Waals surface area contributed by atoms with Crippen LogP contribution in [0, 0.1) is 10.1 Å². The van der Waals surface area contributed by atoms with E-state index in [1.54, 1.807) is 0 Å². The van der Waals surface area contributed by atoms with Gasteiger partial charge in [0, 0.05) is 12.6 Å². The first-order chi connectivity index (χ1) is 8.35. The van der Waals surface area contributed by atoms with Crippen LogP contribution in [-0.2, 0) is 10.0 Å². The number of hydrogen-bond donors (Lipinski definition) is 3. The number of hydrogen-bond acceptors (Lipinski definition) is 7. The molecule has 0 saturated carbocycles. The fourth-order valence-corrected chi connectivity index (χ4v) is 1.73. The summed E-state index contributed by atoms with van der Waals surface area (Å²) in [4.78, 5) is 13.8. The molecule has 0 aliphatic heterocycles. The lowest BCUT2D eigenvalue weighted by molar-refractivity contribution is -0.384. The van der Waals surface area contributed by atoms with Crippen molar-refractivity contribution in [2.75, 3.05) is 30.4 Å². The average molecular weight is 275 g/mol. The van der Waals surface area contributed by atoms with E-state index in [4.69, 9.17) is 5.73 Å². The maximum atomic E-state index is 11.1. The van der Waals surface area contributed by atoms with Crippen LogP contribution in [0.15, 0.2) is 12.1 Å². The van der Waals surface area contributed by atoms with Crippen LogP contribution in [0.3, 0.4) is 0 Å². The molecule has 100 valence electrons. The predicted molar refractivity (Wildman–Crippen MR) is 66.6 cm³/mol. The molecular formula is C8H13N5O4S. The van der Waals surface area contributed by atoms with Gasteiger partial charge in [-0.05, 0) is 13.1 Å². The van der Waals surface area contributed by atoms with Gasteiger partial charge in [-0.15, -0.1) is 0 Å². The number of nitrogens with two attached hydrogens (primary N) is 1. The van der Waals surface area contributed by atoms with Crippen molar-refractivity contribution >= 4 is 27.3 Å². The standard InChI is InChI=1S/C8H13N5O4S/c1-10-18(16,17)5-4-11-8-6(13(14)15)2-3-7(9)12-8/h2-3,10H,4-5H2,1H3,(H3,9,11,12). The molecule has 1 aromatic heterocycles. The lowest BCUT2D eigenvalue weighted by atomic mass is 10.3. The van der Waals surface area contributed by atoms with E-state index in [2.05, 4.69) is 15.0 Å². The lowest BCUT2D eigenvalue weighted by Gasteiger charge is -2.06. The molecule has 4 N–H and O–H groups in total. The van der Waals surface area contributed by atoms with Gasteiger partial charge in [0.2, 0.25) is 15.8 Å². The molecule has 0 unspecified atom stereocenters. The molecule has 1 heterocycles. The van der Waals surface area contributed by atoms with Crippen molar-refractivity contribution in [2.24, 2.45) is 0 Å². The zero-order valence-corrected chi connectivity index (χ0v) is 10.4. The molecule has 9 nitrogen and oxygen atoms in total. The molecule has 0 spiro atoms. The topological polar surface area (TPSA) is 140 Å². The number of pyridine rings is 1. The highest BCUT2D eigenvalue weighted by Crippen LogP contribution is 2.22. The molecule has 0 fully saturated rings. The summed E-state index contributed by atoms with van der Waals surface area (Å²) in [5.41, 5.74) is 5.15. The average Bonchev–Trinajstić information content (AvgIpc) is 2.28. The summed E-state index contributed by atoms with van der Waals surface area (Å²) >= 11 is 0. The molecule has 0 radical (unpaired) electrons. The van der Waals surface area contributed by atoms with Crippen LogP contribution in [0.2, 0.25) is 0 Å². The van der Waals surface area contributed by atoms with E-state index in [9.17, 15) is 18.5 Å². The fraction of sp³-hybridized carbons (Fsp3) is 0.375. The van der Waals surface area contributed by atoms with E-state index in [1.165, 1.54) is 19.2 Å². The number of rotatable bonds is 6. The third-order valence-electron chi connectivity index (χ3n) is 2.07. The highest BCUT2D eigenvalue weighted by Gasteiger charge is 2.16. The molecule has 18 heavy (non-hydrogen) atoms. The van der Waals surface area contributed by atoms with Crippen LogP contribution in [0.25, 0.3) is 0 Å². The van der Waals surface area contributed by atoms with Gasteiger partial charge < -0.3 is 11.1 Å². The normalized spacial score (nSPS) is 11.2. The molecule has 0 atom stereocenters. The van der Waals surface area contributed by atoms with E-state index in [-0.39, 0.29) is 29.6 Å². The Hall–Kier alpha value is -1.94. The SMILES string of the molecule is CNS(=O)(=O)CCNc1nc(N)ccc1[N+](=O)[O-]. The minimum atomic E-state index is -3.37. The van der Waals surface area contributed by atoms with Crippen LogP contribution in [0.1, 0.15) is 0 Å². The molecule has 0 amide bonds. The molecule has 0 saturated heterocycles. The van der Waals surface area contributed by atoms with Gasteiger partial charge in [-0.3, -0.25) is 10.1 Å². The first kappa shape index (κ1) is 14.1. The first-order valence-corrected chi connectivity index (χ1v) is 6.57. The van der Waals surface area contributed by atoms with Gasteiger partial charge in [0.15, 0.2) is 0 Å². The van der Waals surface area contributed by atoms with Crippen molar-refractivity contribution in [3.05, 3.63) is 22.2 Å². The highest BCUT2D eigenvalue weighted by atomic mass is 32.2. The van der Waals surface area contributed by atoms with Gasteiger partial charge in [-0.1, -0.05) is 0 Å². The maximum Gasteiger partial charge on any atom is 0.311 e. The zero-order chi connectivity index (χ0) is 13.8. The predicted octanol–water partition coefficient (Wildman–Crippen LogP) is -0.467. The maximum absolute atomic E-state index is 11.1. The summed E-state index contributed by atoms with van der Waals surface area (Å²) in [5, 5.41) is 13.3. The van der Waals surface area contributed by atoms with Crippen molar-refractivity contribution in [1.29, 1.82) is 0 Å². The van der Waals surface area contributed by atoms with Crippen molar-refractivity contribution in [1.82, 2.24) is 9.71 Å². The second kappa shape index (κ2) is 5.60. The van der Waals surface area contributed by atoms with Gasteiger partial charge >= 0.3 is 5.69 Å². The van der Waals surface area contributed by atoms with E-state index >= 15 is 0 Å². The molecular weight excluding hydrogens is 262 g/mol. The molecule has 0 aliphatic carbocycles. The number of nitrogen functional groups attached to an aromatic ring is 1. The molecule has 10 heteroatoms. The number of nitrogens with one attached hydrogen (secondary N) is 2. The van der Waals surface area contributed by atoms with Crippen LogP contribution >= 0.6 is 0 Å². The number of nitro groups is 1. The minimum absolute atomic E-state index is 0.0134. The number of anilines is 2. The zero-order valence-electron chi connectivity index (χ0n) is 9.58. The van der Waals surface area contributed by atoms with Crippen molar-refractivity contribution in [3.8, 4) is 0 Å². The smallest absolute Gasteiger partial charge is 0.311 e. The fourth-order valence-electron chi connectivity index (χ4n) is 1.15. The Bertz CT molecular complexity index is 544. The van der Waals surface area contributed by atoms with Crippen molar-refractivity contribution < 1.29 is 13.3 Å². The van der Waals surface area contributed by atoms with Gasteiger partial charge in [0.05, 0.1) is 10.7 Å². The number of sulfonamides is 1. The largest absolute Gasteiger partial charge is 0.384 e. The van der Waals surface area contributed by atoms with Crippen molar-refractivity contribution in [3.63, 3.8) is 0 Å². The Morgan fingerprint density at radius 3 is 2.72 bits per heavy atom. The molecule has 0 aliphatic rings. The Balaban J connectivity index is 2.78. The van der Waals surface area contributed by atoms with Gasteiger partial charge in [-0.2, -0.15) is 0 Å². The van der Waals surface area contributed by atoms with Crippen molar-refractivity contribution in [2.45, 2.75) is 0 Å². The Morgan fingerprint density at radius 1 is 1.50 bits per heavy atom. The highest BCUT2D eigenvalue weighted by molar-refractivity contribution is 7.89. The summed E-state index contributed by atoms with van der Waals surface area (Å²) in [6, 6.07) is 2.50. The van der Waals surface area contributed by atoms with Gasteiger partial charge in [-0.25, -0.2) is 18.1 Å². The quantitative estimate of drug-likeness (QED) is 0.471. The van der Waals surface area contributed by atoms with E-state index < -0.39 is 14.9 Å². The molecule has 0 aromatic carbocycles. The minimum Gasteiger partial charge on any atom is -0.384 e. The number of aromatic nitrogens is 1. The summed E-state index contributed by atoms with van der Waals surface area (Å²) in [6.07, 6.45) is 0. The Morgan fingerprint density at radius 2 is 2.17 bits per heavy atom. The van der Waals surface area contributed by atoms with Crippen LogP contribution in [0.4, 0.5) is 17.3 Å². The van der Waals surface area contributed by atoms with Crippen LogP contribution in [-0.4, -0.2) is 37.7 Å². The van der Waals surface area contributed by atoms with E-state index in [0.29, 0.717) is 0 Å². The Kier molecular flexibility index (Phi) is 4.39. The second-order valence-electron chi connectivity index (χ2n) is 3.31. The number of nitrogens with zero attached hydrogens (tertiary/aromatic N) is 2.